The Morgan fingerprint density at radius 2 is 1.67 bits per heavy atom. The van der Waals surface area contributed by atoms with Crippen LogP contribution in [-0.4, -0.2) is 85.2 Å². The fourth-order valence-electron chi connectivity index (χ4n) is 8.18. The standard InChI is InChI=1S/C30H45NO8/c1-29(2,17-30(3,4)31-26(33)5-6-27(31)34)28(35)39-14-21(32)13-36-11-18-7-23-19-9-20(12-37-15-22-16-38-22)24(10-19)25(23)8-18/h5-6,18-25,32H,7-17H2,1-4H3. The highest BCUT2D eigenvalue weighted by molar-refractivity contribution is 6.13. The van der Waals surface area contributed by atoms with E-state index in [1.807, 2.05) is 0 Å². The number of fused-ring (bicyclic) bond motifs is 5. The molecular weight excluding hydrogens is 502 g/mol. The van der Waals surface area contributed by atoms with Gasteiger partial charge in [-0.15, -0.1) is 0 Å². The van der Waals surface area contributed by atoms with Gasteiger partial charge in [0.15, 0.2) is 0 Å². The third-order valence-corrected chi connectivity index (χ3v) is 9.65. The van der Waals surface area contributed by atoms with Crippen molar-refractivity contribution in [1.82, 2.24) is 4.90 Å². The molecule has 2 aliphatic heterocycles. The van der Waals surface area contributed by atoms with E-state index in [9.17, 15) is 19.5 Å². The van der Waals surface area contributed by atoms with Gasteiger partial charge in [-0.25, -0.2) is 0 Å². The van der Waals surface area contributed by atoms with E-state index in [4.69, 9.17) is 18.9 Å². The molecule has 3 saturated carbocycles. The Labute approximate surface area is 231 Å². The minimum atomic E-state index is -0.956. The van der Waals surface area contributed by atoms with Crippen molar-refractivity contribution in [1.29, 1.82) is 0 Å². The number of aliphatic hydroxyl groups excluding tert-OH is 1. The summed E-state index contributed by atoms with van der Waals surface area (Å²) in [6.45, 7) is 10.0. The zero-order valence-corrected chi connectivity index (χ0v) is 23.8. The maximum atomic E-state index is 12.8. The third-order valence-electron chi connectivity index (χ3n) is 9.65. The average Bonchev–Trinajstić information content (AvgIpc) is 3.14. The number of ether oxygens (including phenoxy) is 4. The predicted octanol–water partition coefficient (Wildman–Crippen LogP) is 2.74. The molecule has 2 heterocycles. The summed E-state index contributed by atoms with van der Waals surface area (Å²) in [5, 5.41) is 10.4. The number of hydrogen-bond donors (Lipinski definition) is 1. The van der Waals surface area contributed by atoms with Crippen LogP contribution in [-0.2, 0) is 33.3 Å². The van der Waals surface area contributed by atoms with Crippen LogP contribution in [0, 0.1) is 40.9 Å². The zero-order chi connectivity index (χ0) is 27.9. The first-order valence-corrected chi connectivity index (χ1v) is 14.6. The summed E-state index contributed by atoms with van der Waals surface area (Å²) in [7, 11) is 0. The largest absolute Gasteiger partial charge is 0.462 e. The smallest absolute Gasteiger partial charge is 0.311 e. The highest BCUT2D eigenvalue weighted by Crippen LogP contribution is 2.62. The van der Waals surface area contributed by atoms with Crippen LogP contribution >= 0.6 is 0 Å². The Morgan fingerprint density at radius 1 is 0.974 bits per heavy atom. The lowest BCUT2D eigenvalue weighted by Crippen LogP contribution is -2.51. The van der Waals surface area contributed by atoms with Crippen molar-refractivity contribution in [2.24, 2.45) is 40.9 Å². The van der Waals surface area contributed by atoms with Crippen LogP contribution in [0.25, 0.3) is 0 Å². The third kappa shape index (κ3) is 6.42. The minimum Gasteiger partial charge on any atom is -0.462 e. The maximum absolute atomic E-state index is 12.8. The molecule has 2 amide bonds. The second kappa shape index (κ2) is 11.2. The Balaban J connectivity index is 0.989. The quantitative estimate of drug-likeness (QED) is 0.201. The van der Waals surface area contributed by atoms with Crippen molar-refractivity contribution in [2.45, 2.75) is 77.5 Å². The van der Waals surface area contributed by atoms with Crippen molar-refractivity contribution in [3.05, 3.63) is 12.2 Å². The van der Waals surface area contributed by atoms with Crippen LogP contribution in [0.1, 0.15) is 59.8 Å². The van der Waals surface area contributed by atoms with Gasteiger partial charge in [-0.1, -0.05) is 0 Å². The fourth-order valence-corrected chi connectivity index (χ4v) is 8.18. The molecule has 0 spiro atoms. The number of hydrogen-bond acceptors (Lipinski definition) is 8. The van der Waals surface area contributed by atoms with Gasteiger partial charge in [0.05, 0.1) is 25.2 Å². The zero-order valence-electron chi connectivity index (χ0n) is 23.8. The van der Waals surface area contributed by atoms with E-state index in [-0.39, 0.29) is 31.4 Å². The van der Waals surface area contributed by atoms with Gasteiger partial charge in [0.1, 0.15) is 18.8 Å². The van der Waals surface area contributed by atoms with Crippen molar-refractivity contribution >= 4 is 17.8 Å². The first-order chi connectivity index (χ1) is 18.4. The predicted molar refractivity (Wildman–Crippen MR) is 141 cm³/mol. The fraction of sp³-hybridized carbons (Fsp3) is 0.833. The Kier molecular flexibility index (Phi) is 8.26. The number of amides is 2. The summed E-state index contributed by atoms with van der Waals surface area (Å²) < 4.78 is 22.5. The molecule has 1 N–H and O–H groups in total. The molecule has 3 aliphatic carbocycles. The van der Waals surface area contributed by atoms with Crippen LogP contribution in [0.15, 0.2) is 12.2 Å². The number of epoxide rings is 1. The van der Waals surface area contributed by atoms with E-state index < -0.39 is 23.0 Å². The lowest BCUT2D eigenvalue weighted by atomic mass is 9.76. The van der Waals surface area contributed by atoms with E-state index in [2.05, 4.69) is 0 Å². The summed E-state index contributed by atoms with van der Waals surface area (Å²) in [5.41, 5.74) is -1.82. The molecule has 4 fully saturated rings. The summed E-state index contributed by atoms with van der Waals surface area (Å²) >= 11 is 0. The molecule has 0 radical (unpaired) electrons. The summed E-state index contributed by atoms with van der Waals surface area (Å²) in [6, 6.07) is 0. The van der Waals surface area contributed by atoms with Crippen molar-refractivity contribution in [2.75, 3.05) is 39.6 Å². The van der Waals surface area contributed by atoms with Crippen LogP contribution in [0.3, 0.4) is 0 Å². The van der Waals surface area contributed by atoms with Gasteiger partial charge in [-0.05, 0) is 95.3 Å². The highest BCUT2D eigenvalue weighted by Gasteiger charge is 2.55. The Bertz CT molecular complexity index is 954. The number of esters is 1. The number of aliphatic hydroxyl groups is 1. The van der Waals surface area contributed by atoms with Crippen LogP contribution < -0.4 is 0 Å². The van der Waals surface area contributed by atoms with Gasteiger partial charge in [-0.2, -0.15) is 0 Å². The molecular formula is C30H45NO8. The minimum absolute atomic E-state index is 0.125. The van der Waals surface area contributed by atoms with E-state index in [0.717, 1.165) is 43.5 Å². The summed E-state index contributed by atoms with van der Waals surface area (Å²) in [4.78, 5) is 38.2. The topological polar surface area (TPSA) is 115 Å². The summed E-state index contributed by atoms with van der Waals surface area (Å²) in [6.07, 6.45) is 7.21. The van der Waals surface area contributed by atoms with Gasteiger partial charge in [-0.3, -0.25) is 19.3 Å². The number of nitrogens with zero attached hydrogens (tertiary/aromatic N) is 1. The molecule has 8 atom stereocenters. The monoisotopic (exact) mass is 547 g/mol. The van der Waals surface area contributed by atoms with Crippen molar-refractivity contribution in [3.8, 4) is 0 Å². The molecule has 9 heteroatoms. The van der Waals surface area contributed by atoms with E-state index in [0.29, 0.717) is 24.5 Å². The van der Waals surface area contributed by atoms with Gasteiger partial charge in [0, 0.05) is 30.9 Å². The highest BCUT2D eigenvalue weighted by atomic mass is 16.6. The molecule has 2 bridgehead atoms. The molecule has 0 aromatic carbocycles. The Morgan fingerprint density at radius 3 is 2.36 bits per heavy atom. The SMILES string of the molecule is CC(C)(CC(C)(C)N1C(=O)C=CC1=O)C(=O)OCC(O)COCC1CC2C3CC(COCC4CO4)C(C3)C2C1. The molecule has 0 aromatic heterocycles. The Hall–Kier alpha value is -1.81. The first kappa shape index (κ1) is 28.7. The van der Waals surface area contributed by atoms with Gasteiger partial charge in [0.2, 0.25) is 0 Å². The second-order valence-corrected chi connectivity index (χ2v) is 13.8. The number of carbonyl (C=O) groups is 3. The van der Waals surface area contributed by atoms with Gasteiger partial charge >= 0.3 is 5.97 Å². The van der Waals surface area contributed by atoms with Crippen molar-refractivity contribution in [3.63, 3.8) is 0 Å². The number of imide groups is 1. The first-order valence-electron chi connectivity index (χ1n) is 14.6. The van der Waals surface area contributed by atoms with Crippen LogP contribution in [0.2, 0.25) is 0 Å². The van der Waals surface area contributed by atoms with Crippen molar-refractivity contribution < 1.29 is 38.4 Å². The van der Waals surface area contributed by atoms with Crippen LogP contribution in [0.5, 0.6) is 0 Å². The molecule has 1 saturated heterocycles. The lowest BCUT2D eigenvalue weighted by molar-refractivity contribution is -0.162. The normalized spacial score (nSPS) is 34.2. The molecule has 5 rings (SSSR count). The molecule has 218 valence electrons. The van der Waals surface area contributed by atoms with E-state index in [1.165, 1.54) is 42.7 Å². The maximum Gasteiger partial charge on any atom is 0.311 e. The van der Waals surface area contributed by atoms with Gasteiger partial charge in [0.25, 0.3) is 11.8 Å². The molecule has 8 unspecified atom stereocenters. The number of carbonyl (C=O) groups excluding carboxylic acids is 3. The molecule has 9 nitrogen and oxygen atoms in total. The second-order valence-electron chi connectivity index (χ2n) is 13.8. The van der Waals surface area contributed by atoms with Crippen LogP contribution in [0.4, 0.5) is 0 Å². The van der Waals surface area contributed by atoms with E-state index >= 15 is 0 Å². The van der Waals surface area contributed by atoms with Gasteiger partial charge < -0.3 is 24.1 Å². The lowest BCUT2D eigenvalue weighted by Gasteiger charge is -2.39. The molecule has 39 heavy (non-hydrogen) atoms. The average molecular weight is 548 g/mol. The molecule has 5 aliphatic rings. The number of rotatable bonds is 14. The van der Waals surface area contributed by atoms with E-state index in [1.54, 1.807) is 27.7 Å². The summed E-state index contributed by atoms with van der Waals surface area (Å²) in [5.74, 6) is 3.16. The molecule has 0 aromatic rings.